The van der Waals surface area contributed by atoms with E-state index in [9.17, 15) is 9.90 Å². The van der Waals surface area contributed by atoms with Crippen molar-refractivity contribution in [2.24, 2.45) is 0 Å². The second-order valence-corrected chi connectivity index (χ2v) is 11.3. The highest BCUT2D eigenvalue weighted by Gasteiger charge is 2.31. The van der Waals surface area contributed by atoms with E-state index in [2.05, 4.69) is 70.2 Å². The van der Waals surface area contributed by atoms with Crippen molar-refractivity contribution in [3.8, 4) is 5.75 Å². The molecule has 4 heteroatoms. The highest BCUT2D eigenvalue weighted by atomic mass is 16.5. The van der Waals surface area contributed by atoms with Crippen LogP contribution >= 0.6 is 0 Å². The molecule has 4 nitrogen and oxygen atoms in total. The second-order valence-electron chi connectivity index (χ2n) is 11.3. The fourth-order valence-electron chi connectivity index (χ4n) is 6.04. The summed E-state index contributed by atoms with van der Waals surface area (Å²) in [6.45, 7) is 11.8. The molecule has 39 heavy (non-hydrogen) atoms. The molecule has 0 aromatic heterocycles. The minimum absolute atomic E-state index is 0.0645. The molecule has 3 rings (SSSR count). The van der Waals surface area contributed by atoms with Crippen molar-refractivity contribution < 1.29 is 19.4 Å². The molecular formula is C35H50O4. The summed E-state index contributed by atoms with van der Waals surface area (Å²) in [7, 11) is 0. The van der Waals surface area contributed by atoms with E-state index in [-0.39, 0.29) is 11.4 Å². The molecule has 0 heterocycles. The summed E-state index contributed by atoms with van der Waals surface area (Å²) < 4.78 is 11.1. The summed E-state index contributed by atoms with van der Waals surface area (Å²) in [6.07, 6.45) is 14.5. The number of unbranched alkanes of at least 4 members (excludes halogenated alkanes) is 2. The van der Waals surface area contributed by atoms with Crippen LogP contribution in [0.25, 0.3) is 6.08 Å². The average Bonchev–Trinajstić information content (AvgIpc) is 2.92. The third kappa shape index (κ3) is 8.20. The van der Waals surface area contributed by atoms with Gasteiger partial charge >= 0.3 is 5.97 Å². The van der Waals surface area contributed by atoms with Crippen LogP contribution < -0.4 is 4.74 Å². The SMILES string of the molecule is CCOC(=O)CCCCCOc1ccc(C(CC)(CC)c2ccc(C=CC3(O)CCCCC3)c(C)c2)cc1C. The number of hydrogen-bond acceptors (Lipinski definition) is 4. The topological polar surface area (TPSA) is 55.8 Å². The molecule has 0 saturated heterocycles. The van der Waals surface area contributed by atoms with E-state index in [1.807, 2.05) is 13.0 Å². The van der Waals surface area contributed by atoms with E-state index in [1.54, 1.807) is 0 Å². The first-order valence-electron chi connectivity index (χ1n) is 15.2. The van der Waals surface area contributed by atoms with Gasteiger partial charge in [0.15, 0.2) is 0 Å². The molecule has 2 aromatic carbocycles. The maximum absolute atomic E-state index is 11.5. The number of aliphatic hydroxyl groups is 1. The van der Waals surface area contributed by atoms with Crippen LogP contribution in [0, 0.1) is 13.8 Å². The zero-order chi connectivity index (χ0) is 28.3. The van der Waals surface area contributed by atoms with Crippen molar-refractivity contribution in [1.29, 1.82) is 0 Å². The summed E-state index contributed by atoms with van der Waals surface area (Å²) >= 11 is 0. The van der Waals surface area contributed by atoms with Crippen molar-refractivity contribution >= 4 is 12.0 Å². The molecule has 2 aromatic rings. The van der Waals surface area contributed by atoms with Gasteiger partial charge in [-0.3, -0.25) is 4.79 Å². The van der Waals surface area contributed by atoms with Crippen molar-refractivity contribution in [3.63, 3.8) is 0 Å². The van der Waals surface area contributed by atoms with Gasteiger partial charge in [-0.1, -0.05) is 75.6 Å². The first-order valence-corrected chi connectivity index (χ1v) is 15.2. The fraction of sp³-hybridized carbons (Fsp3) is 0.571. The van der Waals surface area contributed by atoms with Gasteiger partial charge in [0.1, 0.15) is 5.75 Å². The molecule has 1 saturated carbocycles. The van der Waals surface area contributed by atoms with Crippen LogP contribution in [0.2, 0.25) is 0 Å². The van der Waals surface area contributed by atoms with Gasteiger partial charge in [0.2, 0.25) is 0 Å². The largest absolute Gasteiger partial charge is 0.493 e. The molecule has 1 fully saturated rings. The standard InChI is InChI=1S/C35H50O4/c1-6-35(7-2,30-17-16-29(27(4)25-30)20-23-34(37)21-12-10-13-22-34)31-18-19-32(28(5)26-31)39-24-14-9-11-15-33(36)38-8-3/h16-20,23,25-26,37H,6-15,21-22,24H2,1-5H3. The van der Waals surface area contributed by atoms with Crippen LogP contribution in [0.1, 0.15) is 119 Å². The van der Waals surface area contributed by atoms with Crippen molar-refractivity contribution in [3.05, 3.63) is 70.3 Å². The first-order chi connectivity index (χ1) is 18.8. The molecule has 214 valence electrons. The Kier molecular flexibility index (Phi) is 11.7. The van der Waals surface area contributed by atoms with Gasteiger partial charge in [0.05, 0.1) is 18.8 Å². The number of ether oxygens (including phenoxy) is 2. The van der Waals surface area contributed by atoms with E-state index >= 15 is 0 Å². The summed E-state index contributed by atoms with van der Waals surface area (Å²) in [5, 5.41) is 10.9. The third-order valence-corrected chi connectivity index (χ3v) is 8.64. The van der Waals surface area contributed by atoms with E-state index in [4.69, 9.17) is 9.47 Å². The second kappa shape index (κ2) is 14.7. The normalized spacial score (nSPS) is 15.4. The van der Waals surface area contributed by atoms with Gasteiger partial charge < -0.3 is 14.6 Å². The zero-order valence-corrected chi connectivity index (χ0v) is 25.0. The van der Waals surface area contributed by atoms with E-state index in [1.165, 1.54) is 28.7 Å². The Morgan fingerprint density at radius 3 is 2.21 bits per heavy atom. The lowest BCUT2D eigenvalue weighted by atomic mass is 9.70. The quantitative estimate of drug-likeness (QED) is 0.195. The Labute approximate surface area is 236 Å². The highest BCUT2D eigenvalue weighted by molar-refractivity contribution is 5.69. The lowest BCUT2D eigenvalue weighted by Gasteiger charge is -2.34. The number of esters is 1. The van der Waals surface area contributed by atoms with Gasteiger partial charge in [-0.15, -0.1) is 0 Å². The Morgan fingerprint density at radius 1 is 0.923 bits per heavy atom. The maximum Gasteiger partial charge on any atom is 0.305 e. The van der Waals surface area contributed by atoms with Crippen LogP contribution in [-0.4, -0.2) is 29.9 Å². The minimum Gasteiger partial charge on any atom is -0.493 e. The molecule has 0 radical (unpaired) electrons. The lowest BCUT2D eigenvalue weighted by Crippen LogP contribution is -2.28. The van der Waals surface area contributed by atoms with Crippen molar-refractivity contribution in [2.75, 3.05) is 13.2 Å². The predicted octanol–water partition coefficient (Wildman–Crippen LogP) is 8.62. The van der Waals surface area contributed by atoms with Crippen LogP contribution in [0.4, 0.5) is 0 Å². The number of hydrogen-bond donors (Lipinski definition) is 1. The number of rotatable bonds is 14. The maximum atomic E-state index is 11.5. The van der Waals surface area contributed by atoms with E-state index < -0.39 is 5.60 Å². The number of aryl methyl sites for hydroxylation is 2. The van der Waals surface area contributed by atoms with Gasteiger partial charge in [-0.25, -0.2) is 0 Å². The number of carbonyl (C=O) groups is 1. The average molecular weight is 535 g/mol. The summed E-state index contributed by atoms with van der Waals surface area (Å²) in [4.78, 5) is 11.5. The Bertz CT molecular complexity index is 1090. The summed E-state index contributed by atoms with van der Waals surface area (Å²) in [5.74, 6) is 0.821. The molecule has 1 aliphatic carbocycles. The Balaban J connectivity index is 1.68. The third-order valence-electron chi connectivity index (χ3n) is 8.64. The van der Waals surface area contributed by atoms with Gasteiger partial charge in [0.25, 0.3) is 0 Å². The minimum atomic E-state index is -0.649. The van der Waals surface area contributed by atoms with Crippen LogP contribution in [0.5, 0.6) is 5.75 Å². The molecule has 1 N–H and O–H groups in total. The summed E-state index contributed by atoms with van der Waals surface area (Å²) in [5.41, 5.74) is 5.53. The molecule has 0 spiro atoms. The zero-order valence-electron chi connectivity index (χ0n) is 25.0. The molecule has 0 amide bonds. The van der Waals surface area contributed by atoms with Gasteiger partial charge in [-0.05, 0) is 99.6 Å². The monoisotopic (exact) mass is 534 g/mol. The van der Waals surface area contributed by atoms with Gasteiger partial charge in [0, 0.05) is 11.8 Å². The molecule has 0 atom stereocenters. The van der Waals surface area contributed by atoms with Crippen LogP contribution in [0.15, 0.2) is 42.5 Å². The first kappa shape index (κ1) is 30.9. The molecule has 0 bridgehead atoms. The Hall–Kier alpha value is -2.59. The van der Waals surface area contributed by atoms with Crippen LogP contribution in [-0.2, 0) is 14.9 Å². The molecular weight excluding hydrogens is 484 g/mol. The molecule has 0 unspecified atom stereocenters. The van der Waals surface area contributed by atoms with E-state index in [0.717, 1.165) is 69.1 Å². The molecule has 1 aliphatic rings. The predicted molar refractivity (Wildman–Crippen MR) is 161 cm³/mol. The van der Waals surface area contributed by atoms with Crippen LogP contribution in [0.3, 0.4) is 0 Å². The number of benzene rings is 2. The molecule has 0 aliphatic heterocycles. The van der Waals surface area contributed by atoms with Gasteiger partial charge in [-0.2, -0.15) is 0 Å². The lowest BCUT2D eigenvalue weighted by molar-refractivity contribution is -0.143. The Morgan fingerprint density at radius 2 is 1.59 bits per heavy atom. The van der Waals surface area contributed by atoms with E-state index in [0.29, 0.717) is 19.6 Å². The highest BCUT2D eigenvalue weighted by Crippen LogP contribution is 2.41. The van der Waals surface area contributed by atoms with Crippen molar-refractivity contribution in [1.82, 2.24) is 0 Å². The van der Waals surface area contributed by atoms with Crippen molar-refractivity contribution in [2.45, 2.75) is 116 Å². The fourth-order valence-corrected chi connectivity index (χ4v) is 6.04. The number of carbonyl (C=O) groups excluding carboxylic acids is 1. The smallest absolute Gasteiger partial charge is 0.305 e. The summed E-state index contributed by atoms with van der Waals surface area (Å²) in [6, 6.07) is 13.5.